The first-order chi connectivity index (χ1) is 17.0. The Hall–Kier alpha value is -3.36. The van der Waals surface area contributed by atoms with Crippen LogP contribution in [0.2, 0.25) is 0 Å². The molecule has 180 valence electrons. The second kappa shape index (κ2) is 10.1. The molecule has 0 aliphatic carbocycles. The molecule has 35 heavy (non-hydrogen) atoms. The van der Waals surface area contributed by atoms with Crippen molar-refractivity contribution in [2.75, 3.05) is 19.7 Å². The first-order valence-corrected chi connectivity index (χ1v) is 12.6. The average molecular weight is 489 g/mol. The van der Waals surface area contributed by atoms with E-state index in [1.165, 1.54) is 11.8 Å². The molecule has 0 bridgehead atoms. The molecule has 2 aromatic carbocycles. The van der Waals surface area contributed by atoms with Crippen molar-refractivity contribution in [1.82, 2.24) is 14.7 Å². The van der Waals surface area contributed by atoms with Gasteiger partial charge in [-0.2, -0.15) is 10.1 Å². The summed E-state index contributed by atoms with van der Waals surface area (Å²) in [6.07, 6.45) is 4.04. The van der Waals surface area contributed by atoms with Crippen molar-refractivity contribution >= 4 is 28.9 Å². The lowest BCUT2D eigenvalue weighted by molar-refractivity contribution is -0.113. The predicted molar refractivity (Wildman–Crippen MR) is 140 cm³/mol. The monoisotopic (exact) mass is 488 g/mol. The minimum absolute atomic E-state index is 0.0958. The molecule has 3 aromatic rings. The third-order valence-corrected chi connectivity index (χ3v) is 6.81. The van der Waals surface area contributed by atoms with E-state index in [0.29, 0.717) is 11.5 Å². The summed E-state index contributed by atoms with van der Waals surface area (Å²) in [6.45, 7) is 8.08. The number of aliphatic imine (C=N–C) groups is 1. The molecular weight excluding hydrogens is 460 g/mol. The summed E-state index contributed by atoms with van der Waals surface area (Å²) in [5.41, 5.74) is 3.49. The van der Waals surface area contributed by atoms with Crippen LogP contribution in [0.3, 0.4) is 0 Å². The van der Waals surface area contributed by atoms with E-state index in [1.807, 2.05) is 92.3 Å². The highest BCUT2D eigenvalue weighted by molar-refractivity contribution is 8.18. The minimum Gasteiger partial charge on any atom is -0.494 e. The number of rotatable bonds is 5. The molecule has 2 aliphatic heterocycles. The number of benzene rings is 2. The van der Waals surface area contributed by atoms with Gasteiger partial charge in [0, 0.05) is 30.4 Å². The summed E-state index contributed by atoms with van der Waals surface area (Å²) in [5.74, 6) is 0.559. The van der Waals surface area contributed by atoms with Gasteiger partial charge in [-0.25, -0.2) is 4.68 Å². The van der Waals surface area contributed by atoms with Crippen LogP contribution in [0, 0.1) is 0 Å². The van der Waals surface area contributed by atoms with Crippen LogP contribution in [0.4, 0.5) is 0 Å². The molecule has 2 aliphatic rings. The third kappa shape index (κ3) is 5.18. The molecule has 2 atom stereocenters. The van der Waals surface area contributed by atoms with Gasteiger partial charge in [0.2, 0.25) is 0 Å². The molecule has 0 saturated carbocycles. The Labute approximate surface area is 209 Å². The Bertz CT molecular complexity index is 1270. The summed E-state index contributed by atoms with van der Waals surface area (Å²) in [4.78, 5) is 20.0. The van der Waals surface area contributed by atoms with E-state index in [-0.39, 0.29) is 18.1 Å². The third-order valence-electron chi connectivity index (χ3n) is 5.77. The van der Waals surface area contributed by atoms with Crippen LogP contribution in [0.1, 0.15) is 26.3 Å². The van der Waals surface area contributed by atoms with Crippen LogP contribution in [-0.2, 0) is 9.53 Å². The second-order valence-electron chi connectivity index (χ2n) is 8.65. The van der Waals surface area contributed by atoms with Gasteiger partial charge in [-0.15, -0.1) is 0 Å². The van der Waals surface area contributed by atoms with Crippen molar-refractivity contribution in [2.45, 2.75) is 33.0 Å². The van der Waals surface area contributed by atoms with Crippen LogP contribution in [-0.4, -0.2) is 57.7 Å². The van der Waals surface area contributed by atoms with Crippen LogP contribution >= 0.6 is 11.8 Å². The maximum absolute atomic E-state index is 12.9. The molecule has 1 fully saturated rings. The number of nitrogens with zero attached hydrogens (tertiary/aromatic N) is 4. The first-order valence-electron chi connectivity index (χ1n) is 11.8. The molecule has 1 saturated heterocycles. The maximum atomic E-state index is 12.9. The van der Waals surface area contributed by atoms with E-state index in [2.05, 4.69) is 9.89 Å². The lowest BCUT2D eigenvalue weighted by atomic mass is 10.1. The maximum Gasteiger partial charge on any atom is 0.286 e. The van der Waals surface area contributed by atoms with E-state index in [4.69, 9.17) is 14.6 Å². The number of aromatic nitrogens is 2. The van der Waals surface area contributed by atoms with Gasteiger partial charge in [-0.3, -0.25) is 4.79 Å². The van der Waals surface area contributed by atoms with Gasteiger partial charge in [0.25, 0.3) is 5.91 Å². The Morgan fingerprint density at radius 1 is 1.11 bits per heavy atom. The Morgan fingerprint density at radius 2 is 1.89 bits per heavy atom. The fourth-order valence-corrected chi connectivity index (χ4v) is 5.26. The molecule has 1 amide bonds. The number of carbonyl (C=O) groups is 1. The predicted octanol–water partition coefficient (Wildman–Crippen LogP) is 5.02. The molecule has 0 N–H and O–H groups in total. The van der Waals surface area contributed by atoms with E-state index in [0.717, 1.165) is 46.5 Å². The summed E-state index contributed by atoms with van der Waals surface area (Å²) >= 11 is 1.41. The second-order valence-corrected chi connectivity index (χ2v) is 9.66. The van der Waals surface area contributed by atoms with E-state index in [1.54, 1.807) is 0 Å². The molecule has 2 unspecified atom stereocenters. The fourth-order valence-electron chi connectivity index (χ4n) is 4.34. The van der Waals surface area contributed by atoms with E-state index >= 15 is 0 Å². The van der Waals surface area contributed by atoms with Gasteiger partial charge in [0.15, 0.2) is 5.17 Å². The van der Waals surface area contributed by atoms with Gasteiger partial charge < -0.3 is 14.4 Å². The van der Waals surface area contributed by atoms with Crippen molar-refractivity contribution in [3.05, 3.63) is 71.3 Å². The highest BCUT2D eigenvalue weighted by Crippen LogP contribution is 2.34. The van der Waals surface area contributed by atoms with Crippen molar-refractivity contribution in [3.63, 3.8) is 0 Å². The number of ether oxygens (including phenoxy) is 2. The SMILES string of the molecule is CCOc1cccc(-c2nn(-c3ccccc3)cc2/C=C2\SC(N3CC(C)OC(C)C3)=NC2=O)c1. The molecule has 0 radical (unpaired) electrons. The highest BCUT2D eigenvalue weighted by Gasteiger charge is 2.31. The Balaban J connectivity index is 1.50. The number of hydrogen-bond donors (Lipinski definition) is 0. The summed E-state index contributed by atoms with van der Waals surface area (Å²) < 4.78 is 13.4. The number of carbonyl (C=O) groups excluding carboxylic acids is 1. The molecular formula is C27H28N4O3S. The first kappa shape index (κ1) is 23.4. The molecule has 1 aromatic heterocycles. The lowest BCUT2D eigenvalue weighted by Crippen LogP contribution is -2.47. The normalized spacial score (nSPS) is 21.5. The molecule has 5 rings (SSSR count). The molecule has 3 heterocycles. The highest BCUT2D eigenvalue weighted by atomic mass is 32.2. The molecule has 7 nitrogen and oxygen atoms in total. The summed E-state index contributed by atoms with van der Waals surface area (Å²) in [5, 5.41) is 5.61. The molecule has 8 heteroatoms. The number of amides is 1. The quantitative estimate of drug-likeness (QED) is 0.470. The number of hydrogen-bond acceptors (Lipinski definition) is 6. The number of morpholine rings is 1. The van der Waals surface area contributed by atoms with Crippen molar-refractivity contribution in [3.8, 4) is 22.7 Å². The number of amidine groups is 1. The minimum atomic E-state index is -0.224. The van der Waals surface area contributed by atoms with Crippen LogP contribution in [0.15, 0.2) is 70.7 Å². The fraction of sp³-hybridized carbons (Fsp3) is 0.296. The van der Waals surface area contributed by atoms with Crippen LogP contribution in [0.5, 0.6) is 5.75 Å². The van der Waals surface area contributed by atoms with E-state index in [9.17, 15) is 4.79 Å². The zero-order chi connectivity index (χ0) is 24.4. The summed E-state index contributed by atoms with van der Waals surface area (Å²) in [7, 11) is 0. The number of para-hydroxylation sites is 1. The lowest BCUT2D eigenvalue weighted by Gasteiger charge is -2.35. The zero-order valence-electron chi connectivity index (χ0n) is 20.0. The Kier molecular flexibility index (Phi) is 6.74. The van der Waals surface area contributed by atoms with Crippen molar-refractivity contribution in [2.24, 2.45) is 4.99 Å². The largest absolute Gasteiger partial charge is 0.494 e. The van der Waals surface area contributed by atoms with Crippen molar-refractivity contribution < 1.29 is 14.3 Å². The van der Waals surface area contributed by atoms with Crippen LogP contribution < -0.4 is 4.74 Å². The van der Waals surface area contributed by atoms with E-state index < -0.39 is 0 Å². The smallest absolute Gasteiger partial charge is 0.286 e. The van der Waals surface area contributed by atoms with Crippen molar-refractivity contribution in [1.29, 1.82) is 0 Å². The number of thioether (sulfide) groups is 1. The van der Waals surface area contributed by atoms with Crippen LogP contribution in [0.25, 0.3) is 23.0 Å². The standard InChI is InChI=1S/C27H28N4O3S/c1-4-33-23-12-8-9-20(13-23)25-21(17-31(29-25)22-10-6-5-7-11-22)14-24-26(32)28-27(35-24)30-15-18(2)34-19(3)16-30/h5-14,17-19H,4,15-16H2,1-3H3/b24-14-. The average Bonchev–Trinajstić information content (AvgIpc) is 3.43. The zero-order valence-corrected chi connectivity index (χ0v) is 20.9. The van der Waals surface area contributed by atoms with Gasteiger partial charge in [-0.1, -0.05) is 30.3 Å². The van der Waals surface area contributed by atoms with Gasteiger partial charge in [0.1, 0.15) is 11.4 Å². The topological polar surface area (TPSA) is 68.9 Å². The molecule has 0 spiro atoms. The van der Waals surface area contributed by atoms with Gasteiger partial charge in [-0.05, 0) is 62.9 Å². The van der Waals surface area contributed by atoms with Gasteiger partial charge in [0.05, 0.1) is 29.4 Å². The summed E-state index contributed by atoms with van der Waals surface area (Å²) in [6, 6.07) is 17.8. The van der Waals surface area contributed by atoms with Gasteiger partial charge >= 0.3 is 0 Å². The Morgan fingerprint density at radius 3 is 2.63 bits per heavy atom.